The number of alkyl halides is 1. The van der Waals surface area contributed by atoms with Crippen LogP contribution in [0.3, 0.4) is 0 Å². The van der Waals surface area contributed by atoms with Crippen LogP contribution in [0.25, 0.3) is 0 Å². The summed E-state index contributed by atoms with van der Waals surface area (Å²) < 4.78 is 14.8. The van der Waals surface area contributed by atoms with Crippen LogP contribution in [-0.2, 0) is 9.53 Å². The van der Waals surface area contributed by atoms with E-state index in [0.717, 1.165) is 7.11 Å². The fraction of sp³-hybridized carbons (Fsp3) is 0.667. The standard InChI is InChI=1S/C3H5FO2/c1-6-3(5)2-4/h2H2,1H3/i4-1. The molecule has 0 N–H and O–H groups in total. The van der Waals surface area contributed by atoms with E-state index < -0.39 is 12.6 Å². The SMILES string of the molecule is COC(=O)C[18F]. The van der Waals surface area contributed by atoms with Crippen molar-refractivity contribution in [1.82, 2.24) is 0 Å². The molecule has 0 bridgehead atoms. The molecule has 0 aliphatic heterocycles. The maximum atomic E-state index is 10.9. The molecule has 0 amide bonds. The lowest BCUT2D eigenvalue weighted by Crippen LogP contribution is -2.00. The highest BCUT2D eigenvalue weighted by Gasteiger charge is 1.91. The van der Waals surface area contributed by atoms with Gasteiger partial charge in [-0.3, -0.25) is 0 Å². The van der Waals surface area contributed by atoms with E-state index >= 15 is 0 Å². The van der Waals surface area contributed by atoms with Gasteiger partial charge >= 0.3 is 5.97 Å². The third-order valence-corrected chi connectivity index (χ3v) is 0.337. The summed E-state index contributed by atoms with van der Waals surface area (Å²) >= 11 is 0. The Kier molecular flexibility index (Phi) is 2.36. The first kappa shape index (κ1) is 5.40. The number of esters is 1. The summed E-state index contributed by atoms with van der Waals surface area (Å²) in [6.45, 7) is -1.03. The maximum absolute atomic E-state index is 10.9. The highest BCUT2D eigenvalue weighted by Crippen LogP contribution is 1.70. The maximum Gasteiger partial charge on any atom is 0.337 e. The predicted molar refractivity (Wildman–Crippen MR) is 18.0 cm³/mol. The van der Waals surface area contributed by atoms with Gasteiger partial charge < -0.3 is 4.74 Å². The minimum Gasteiger partial charge on any atom is -0.467 e. The van der Waals surface area contributed by atoms with Crippen molar-refractivity contribution in [3.05, 3.63) is 0 Å². The van der Waals surface area contributed by atoms with E-state index in [1.807, 2.05) is 0 Å². The Morgan fingerprint density at radius 3 is 2.50 bits per heavy atom. The Morgan fingerprint density at radius 2 is 2.50 bits per heavy atom. The molecule has 3 heteroatoms. The number of carbonyl (C=O) groups excluding carboxylic acids is 1. The van der Waals surface area contributed by atoms with E-state index in [0.29, 0.717) is 0 Å². The van der Waals surface area contributed by atoms with Crippen molar-refractivity contribution in [3.8, 4) is 0 Å². The van der Waals surface area contributed by atoms with Crippen molar-refractivity contribution in [3.63, 3.8) is 0 Å². The van der Waals surface area contributed by atoms with Gasteiger partial charge in [-0.2, -0.15) is 0 Å². The molecular weight excluding hydrogens is 86.0 g/mol. The lowest BCUT2D eigenvalue weighted by atomic mass is 10.8. The van der Waals surface area contributed by atoms with Crippen LogP contribution in [0.15, 0.2) is 0 Å². The zero-order chi connectivity index (χ0) is 4.99. The predicted octanol–water partition coefficient (Wildman–Crippen LogP) is 0.129. The molecule has 0 spiro atoms. The van der Waals surface area contributed by atoms with Gasteiger partial charge in [0.15, 0.2) is 6.67 Å². The summed E-state index contributed by atoms with van der Waals surface area (Å²) in [4.78, 5) is 9.58. The van der Waals surface area contributed by atoms with Crippen molar-refractivity contribution in [2.45, 2.75) is 0 Å². The largest absolute Gasteiger partial charge is 0.467 e. The van der Waals surface area contributed by atoms with Crippen molar-refractivity contribution in [2.75, 3.05) is 13.8 Å². The minimum atomic E-state index is -1.03. The first-order valence-corrected chi connectivity index (χ1v) is 1.44. The van der Waals surface area contributed by atoms with Gasteiger partial charge in [0.2, 0.25) is 0 Å². The van der Waals surface area contributed by atoms with E-state index in [-0.39, 0.29) is 0 Å². The van der Waals surface area contributed by atoms with Crippen LogP contribution < -0.4 is 0 Å². The lowest BCUT2D eigenvalue weighted by Gasteiger charge is -1.85. The zero-order valence-corrected chi connectivity index (χ0v) is 3.40. The number of halogens is 1. The van der Waals surface area contributed by atoms with Gasteiger partial charge in [0, 0.05) is 0 Å². The van der Waals surface area contributed by atoms with Crippen molar-refractivity contribution >= 4 is 5.97 Å². The van der Waals surface area contributed by atoms with Crippen LogP contribution in [0.1, 0.15) is 0 Å². The van der Waals surface area contributed by atoms with Crippen LogP contribution >= 0.6 is 0 Å². The number of hydrogen-bond acceptors (Lipinski definition) is 2. The second-order valence-corrected chi connectivity index (χ2v) is 0.710. The van der Waals surface area contributed by atoms with Gasteiger partial charge in [0.25, 0.3) is 0 Å². The molecule has 0 radical (unpaired) electrons. The van der Waals surface area contributed by atoms with E-state index in [2.05, 4.69) is 4.74 Å². The second kappa shape index (κ2) is 2.63. The number of methoxy groups -OCH3 is 1. The minimum absolute atomic E-state index is 0.824. The Labute approximate surface area is 34.9 Å². The summed E-state index contributed by atoms with van der Waals surface area (Å²) in [5.41, 5.74) is 0. The zero-order valence-electron chi connectivity index (χ0n) is 3.40. The first-order valence-electron chi connectivity index (χ1n) is 1.44. The molecule has 0 heterocycles. The Hall–Kier alpha value is -0.600. The summed E-state index contributed by atoms with van der Waals surface area (Å²) in [6.07, 6.45) is 0. The fourth-order valence-electron chi connectivity index (χ4n) is 0.0546. The van der Waals surface area contributed by atoms with Crippen molar-refractivity contribution < 1.29 is 13.9 Å². The van der Waals surface area contributed by atoms with E-state index in [4.69, 9.17) is 0 Å². The molecule has 0 aliphatic carbocycles. The molecule has 0 aromatic carbocycles. The van der Waals surface area contributed by atoms with Crippen LogP contribution in [0.5, 0.6) is 0 Å². The molecule has 0 aromatic heterocycles. The average molecular weight is 91.1 g/mol. The molecule has 2 nitrogen and oxygen atoms in total. The van der Waals surface area contributed by atoms with Gasteiger partial charge in [-0.05, 0) is 0 Å². The molecular formula is C3H5FO2. The van der Waals surface area contributed by atoms with Gasteiger partial charge in [-0.15, -0.1) is 0 Å². The molecule has 0 aliphatic rings. The lowest BCUT2D eigenvalue weighted by molar-refractivity contribution is -0.141. The summed E-state index contributed by atoms with van der Waals surface area (Å²) in [7, 11) is 1.14. The van der Waals surface area contributed by atoms with Gasteiger partial charge in [0.05, 0.1) is 7.11 Å². The Balaban J connectivity index is 2.99. The van der Waals surface area contributed by atoms with Crippen LogP contribution in [0.4, 0.5) is 4.39 Å². The Bertz CT molecular complexity index is 46.8. The van der Waals surface area contributed by atoms with Gasteiger partial charge in [-0.1, -0.05) is 0 Å². The number of rotatable bonds is 1. The number of hydrogen-bond donors (Lipinski definition) is 0. The van der Waals surface area contributed by atoms with E-state index in [9.17, 15) is 9.18 Å². The van der Waals surface area contributed by atoms with Gasteiger partial charge in [0.1, 0.15) is 0 Å². The summed E-state index contributed by atoms with van der Waals surface area (Å²) in [5, 5.41) is 0. The van der Waals surface area contributed by atoms with Crippen LogP contribution in [0.2, 0.25) is 0 Å². The molecule has 0 saturated heterocycles. The molecule has 6 heavy (non-hydrogen) atoms. The monoisotopic (exact) mass is 91.0 g/mol. The highest BCUT2D eigenvalue weighted by molar-refractivity contribution is 5.70. The van der Waals surface area contributed by atoms with Crippen LogP contribution in [0, 0.1) is 0 Å². The number of ether oxygens (including phenoxy) is 1. The van der Waals surface area contributed by atoms with E-state index in [1.54, 1.807) is 0 Å². The van der Waals surface area contributed by atoms with E-state index in [1.165, 1.54) is 0 Å². The number of carbonyl (C=O) groups is 1. The summed E-state index contributed by atoms with van der Waals surface area (Å²) in [5.74, 6) is -0.824. The molecule has 0 aromatic rings. The third-order valence-electron chi connectivity index (χ3n) is 0.337. The molecule has 0 atom stereocenters. The smallest absolute Gasteiger partial charge is 0.337 e. The normalized spacial score (nSPS) is 7.67. The Morgan fingerprint density at radius 1 is 2.00 bits per heavy atom. The van der Waals surface area contributed by atoms with Crippen molar-refractivity contribution in [1.29, 1.82) is 0 Å². The molecule has 0 rings (SSSR count). The fourth-order valence-corrected chi connectivity index (χ4v) is 0.0546. The molecule has 0 saturated carbocycles. The van der Waals surface area contributed by atoms with Crippen LogP contribution in [-0.4, -0.2) is 19.8 Å². The third kappa shape index (κ3) is 1.69. The molecule has 36 valence electrons. The average Bonchev–Trinajstić information content (AvgIpc) is 1.65. The van der Waals surface area contributed by atoms with Crippen molar-refractivity contribution in [2.24, 2.45) is 0 Å². The molecule has 0 unspecified atom stereocenters. The highest BCUT2D eigenvalue weighted by atomic mass is 18.2. The first-order chi connectivity index (χ1) is 2.81. The quantitative estimate of drug-likeness (QED) is 0.429. The molecule has 0 fully saturated rings. The topological polar surface area (TPSA) is 26.3 Å². The summed E-state index contributed by atoms with van der Waals surface area (Å²) in [6, 6.07) is 0. The second-order valence-electron chi connectivity index (χ2n) is 0.710. The van der Waals surface area contributed by atoms with Gasteiger partial charge in [-0.25, -0.2) is 9.18 Å².